The van der Waals surface area contributed by atoms with Gasteiger partial charge in [0.25, 0.3) is 0 Å². The highest BCUT2D eigenvalue weighted by Crippen LogP contribution is 2.29. The molecule has 0 radical (unpaired) electrons. The van der Waals surface area contributed by atoms with Crippen LogP contribution in [0.25, 0.3) is 0 Å². The summed E-state index contributed by atoms with van der Waals surface area (Å²) in [7, 11) is 1.80. The third kappa shape index (κ3) is 3.16. The molecule has 0 saturated carbocycles. The molecule has 0 bridgehead atoms. The molecule has 1 atom stereocenters. The molecular formula is C16H19N3O2S. The molecule has 0 aliphatic carbocycles. The number of nitrogens with zero attached hydrogens (tertiary/aromatic N) is 3. The van der Waals surface area contributed by atoms with Crippen molar-refractivity contribution < 1.29 is 9.32 Å². The number of amides is 1. The van der Waals surface area contributed by atoms with Crippen LogP contribution in [-0.4, -0.2) is 34.5 Å². The largest absolute Gasteiger partial charge is 0.345 e. The van der Waals surface area contributed by atoms with E-state index >= 15 is 0 Å². The van der Waals surface area contributed by atoms with Gasteiger partial charge >= 0.3 is 0 Å². The highest BCUT2D eigenvalue weighted by molar-refractivity contribution is 7.98. The molecule has 2 aromatic rings. The van der Waals surface area contributed by atoms with Crippen LogP contribution >= 0.6 is 11.8 Å². The molecule has 116 valence electrons. The predicted octanol–water partition coefficient (Wildman–Crippen LogP) is 2.92. The Bertz CT molecular complexity index is 698. The molecule has 5 nitrogen and oxygen atoms in total. The number of aryl methyl sites for hydroxylation is 2. The summed E-state index contributed by atoms with van der Waals surface area (Å²) < 4.78 is 5.33. The molecule has 1 unspecified atom stereocenters. The van der Waals surface area contributed by atoms with Crippen LogP contribution in [0.3, 0.4) is 0 Å². The molecule has 1 fully saturated rings. The maximum Gasteiger partial charge on any atom is 0.232 e. The molecule has 1 saturated heterocycles. The van der Waals surface area contributed by atoms with Gasteiger partial charge in [-0.2, -0.15) is 4.98 Å². The molecule has 6 heteroatoms. The van der Waals surface area contributed by atoms with E-state index < -0.39 is 0 Å². The molecule has 22 heavy (non-hydrogen) atoms. The Hall–Kier alpha value is -1.82. The molecule has 1 aromatic carbocycles. The Labute approximate surface area is 134 Å². The van der Waals surface area contributed by atoms with Crippen molar-refractivity contribution in [3.05, 3.63) is 41.0 Å². The van der Waals surface area contributed by atoms with Gasteiger partial charge in [0.2, 0.25) is 11.8 Å². The number of carbonyl (C=O) groups is 1. The van der Waals surface area contributed by atoms with Gasteiger partial charge in [0.1, 0.15) is 0 Å². The maximum absolute atomic E-state index is 11.6. The van der Waals surface area contributed by atoms with Crippen LogP contribution in [0, 0.1) is 13.8 Å². The maximum atomic E-state index is 11.6. The minimum Gasteiger partial charge on any atom is -0.345 e. The number of carbonyl (C=O) groups excluding carboxylic acids is 1. The average molecular weight is 317 g/mol. The van der Waals surface area contributed by atoms with Crippen molar-refractivity contribution in [1.82, 2.24) is 15.0 Å². The molecule has 0 spiro atoms. The molecule has 1 aliphatic heterocycles. The number of likely N-dealkylation sites (N-methyl/N-ethyl adjacent to an activating group) is 1. The fourth-order valence-corrected chi connectivity index (χ4v) is 3.49. The van der Waals surface area contributed by atoms with Crippen molar-refractivity contribution in [2.45, 2.75) is 36.8 Å². The first-order chi connectivity index (χ1) is 10.5. The SMILES string of the molecule is Cc1ccc(C)c(SCc2noc(C3CC(=O)N(C)C3)n2)c1. The van der Waals surface area contributed by atoms with E-state index in [1.54, 1.807) is 23.7 Å². The van der Waals surface area contributed by atoms with Crippen LogP contribution in [0.5, 0.6) is 0 Å². The lowest BCUT2D eigenvalue weighted by atomic mass is 10.1. The van der Waals surface area contributed by atoms with Crippen LogP contribution in [0.2, 0.25) is 0 Å². The van der Waals surface area contributed by atoms with E-state index in [1.165, 1.54) is 16.0 Å². The molecule has 2 heterocycles. The highest BCUT2D eigenvalue weighted by Gasteiger charge is 2.32. The van der Waals surface area contributed by atoms with Crippen molar-refractivity contribution in [1.29, 1.82) is 0 Å². The quantitative estimate of drug-likeness (QED) is 0.812. The standard InChI is InChI=1S/C16H19N3O2S/c1-10-4-5-11(2)13(6-10)22-9-14-17-16(21-18-14)12-7-15(20)19(3)8-12/h4-6,12H,7-9H2,1-3H3. The summed E-state index contributed by atoms with van der Waals surface area (Å²) in [6, 6.07) is 6.41. The normalized spacial score (nSPS) is 18.2. The third-order valence-electron chi connectivity index (χ3n) is 3.87. The van der Waals surface area contributed by atoms with Crippen molar-refractivity contribution in [2.24, 2.45) is 0 Å². The van der Waals surface area contributed by atoms with E-state index in [2.05, 4.69) is 42.2 Å². The van der Waals surface area contributed by atoms with Crippen molar-refractivity contribution in [2.75, 3.05) is 13.6 Å². The van der Waals surface area contributed by atoms with Gasteiger partial charge in [0.05, 0.1) is 11.7 Å². The summed E-state index contributed by atoms with van der Waals surface area (Å²) in [5.74, 6) is 2.10. The van der Waals surface area contributed by atoms with E-state index in [0.717, 1.165) is 0 Å². The van der Waals surface area contributed by atoms with Gasteiger partial charge < -0.3 is 9.42 Å². The number of rotatable bonds is 4. The molecule has 1 aromatic heterocycles. The smallest absolute Gasteiger partial charge is 0.232 e. The number of aromatic nitrogens is 2. The second-order valence-electron chi connectivity index (χ2n) is 5.78. The second kappa shape index (κ2) is 6.12. The van der Waals surface area contributed by atoms with Gasteiger partial charge in [-0.25, -0.2) is 0 Å². The summed E-state index contributed by atoms with van der Waals surface area (Å²) in [5.41, 5.74) is 2.50. The number of hydrogen-bond donors (Lipinski definition) is 0. The predicted molar refractivity (Wildman–Crippen MR) is 84.8 cm³/mol. The van der Waals surface area contributed by atoms with Crippen LogP contribution in [0.1, 0.15) is 35.2 Å². The monoisotopic (exact) mass is 317 g/mol. The summed E-state index contributed by atoms with van der Waals surface area (Å²) in [6.07, 6.45) is 0.461. The lowest BCUT2D eigenvalue weighted by Crippen LogP contribution is -2.18. The lowest BCUT2D eigenvalue weighted by Gasteiger charge is -2.06. The third-order valence-corrected chi connectivity index (χ3v) is 5.03. The molecular weight excluding hydrogens is 298 g/mol. The van der Waals surface area contributed by atoms with E-state index in [1.807, 2.05) is 0 Å². The van der Waals surface area contributed by atoms with E-state index in [-0.39, 0.29) is 11.8 Å². The van der Waals surface area contributed by atoms with Crippen molar-refractivity contribution >= 4 is 17.7 Å². The first kappa shape index (κ1) is 15.1. The van der Waals surface area contributed by atoms with Crippen molar-refractivity contribution in [3.63, 3.8) is 0 Å². The molecule has 1 aliphatic rings. The van der Waals surface area contributed by atoms with E-state index in [9.17, 15) is 4.79 Å². The molecule has 0 N–H and O–H groups in total. The minimum absolute atomic E-state index is 0.0319. The van der Waals surface area contributed by atoms with Gasteiger partial charge in [-0.1, -0.05) is 22.9 Å². The van der Waals surface area contributed by atoms with Gasteiger partial charge in [0, 0.05) is 24.9 Å². The topological polar surface area (TPSA) is 59.2 Å². The number of thioether (sulfide) groups is 1. The number of benzene rings is 1. The Morgan fingerprint density at radius 2 is 2.23 bits per heavy atom. The zero-order valence-electron chi connectivity index (χ0n) is 13.0. The lowest BCUT2D eigenvalue weighted by molar-refractivity contribution is -0.126. The average Bonchev–Trinajstić information content (AvgIpc) is 3.08. The molecule has 1 amide bonds. The zero-order valence-corrected chi connectivity index (χ0v) is 13.8. The van der Waals surface area contributed by atoms with Gasteiger partial charge in [-0.3, -0.25) is 4.79 Å². The van der Waals surface area contributed by atoms with E-state index in [4.69, 9.17) is 4.52 Å². The first-order valence-corrected chi connectivity index (χ1v) is 8.28. The number of hydrogen-bond acceptors (Lipinski definition) is 5. The fourth-order valence-electron chi connectivity index (χ4n) is 2.53. The van der Waals surface area contributed by atoms with Crippen LogP contribution < -0.4 is 0 Å². The summed E-state index contributed by atoms with van der Waals surface area (Å²) >= 11 is 1.71. The summed E-state index contributed by atoms with van der Waals surface area (Å²) in [6.45, 7) is 4.84. The van der Waals surface area contributed by atoms with Gasteiger partial charge in [-0.15, -0.1) is 11.8 Å². The zero-order chi connectivity index (χ0) is 15.7. The van der Waals surface area contributed by atoms with Crippen LogP contribution in [-0.2, 0) is 10.5 Å². The second-order valence-corrected chi connectivity index (χ2v) is 6.80. The Kier molecular flexibility index (Phi) is 4.20. The Morgan fingerprint density at radius 1 is 1.41 bits per heavy atom. The summed E-state index contributed by atoms with van der Waals surface area (Å²) in [5, 5.41) is 4.04. The summed E-state index contributed by atoms with van der Waals surface area (Å²) in [4.78, 5) is 19.0. The van der Waals surface area contributed by atoms with Crippen LogP contribution in [0.15, 0.2) is 27.6 Å². The van der Waals surface area contributed by atoms with Gasteiger partial charge in [0.15, 0.2) is 5.82 Å². The molecule has 3 rings (SSSR count). The van der Waals surface area contributed by atoms with Crippen molar-refractivity contribution in [3.8, 4) is 0 Å². The minimum atomic E-state index is 0.0319. The Balaban J connectivity index is 1.65. The Morgan fingerprint density at radius 3 is 2.95 bits per heavy atom. The van der Waals surface area contributed by atoms with E-state index in [0.29, 0.717) is 30.4 Å². The first-order valence-electron chi connectivity index (χ1n) is 7.29. The highest BCUT2D eigenvalue weighted by atomic mass is 32.2. The van der Waals surface area contributed by atoms with Gasteiger partial charge in [-0.05, 0) is 25.5 Å². The van der Waals surface area contributed by atoms with Crippen LogP contribution in [0.4, 0.5) is 0 Å². The number of likely N-dealkylation sites (tertiary alicyclic amines) is 1. The fraction of sp³-hybridized carbons (Fsp3) is 0.438.